The molecule has 0 aliphatic rings. The van der Waals surface area contributed by atoms with Crippen LogP contribution in [0, 0.1) is 13.8 Å². The molecule has 30 heavy (non-hydrogen) atoms. The fourth-order valence-corrected chi connectivity index (χ4v) is 3.37. The van der Waals surface area contributed by atoms with E-state index in [4.69, 9.17) is 9.72 Å². The van der Waals surface area contributed by atoms with E-state index in [2.05, 4.69) is 42.8 Å². The van der Waals surface area contributed by atoms with Crippen LogP contribution in [-0.4, -0.2) is 38.4 Å². The molecule has 0 saturated carbocycles. The van der Waals surface area contributed by atoms with Gasteiger partial charge in [-0.1, -0.05) is 19.8 Å². The summed E-state index contributed by atoms with van der Waals surface area (Å²) in [6, 6.07) is 3.20. The molecule has 1 aromatic heterocycles. The number of aliphatic carboxylic acids is 1. The molecule has 0 saturated heterocycles. The quantitative estimate of drug-likeness (QED) is 0.574. The molecule has 2 aromatic rings. The van der Waals surface area contributed by atoms with Crippen molar-refractivity contribution in [2.24, 2.45) is 0 Å². The Labute approximate surface area is 178 Å². The fourth-order valence-electron chi connectivity index (χ4n) is 3.37. The molecule has 0 fully saturated rings. The summed E-state index contributed by atoms with van der Waals surface area (Å²) in [4.78, 5) is 28.5. The van der Waals surface area contributed by atoms with Gasteiger partial charge < -0.3 is 19.7 Å². The Bertz CT molecular complexity index is 896. The maximum absolute atomic E-state index is 12.0. The van der Waals surface area contributed by atoms with Crippen molar-refractivity contribution in [2.45, 2.75) is 91.8 Å². The molecule has 0 spiro atoms. The highest BCUT2D eigenvalue weighted by Gasteiger charge is 2.24. The molecule has 2 rings (SSSR count). The SMILES string of the molecule is CCCCCn1c(CCC(NC(=O)OC(C)(C)C)C(=O)O)nc2cc(C)c(C)cc21. The summed E-state index contributed by atoms with van der Waals surface area (Å²) in [6.45, 7) is 12.4. The van der Waals surface area contributed by atoms with Crippen LogP contribution in [0.25, 0.3) is 11.0 Å². The van der Waals surface area contributed by atoms with Gasteiger partial charge in [0.15, 0.2) is 0 Å². The van der Waals surface area contributed by atoms with E-state index in [1.807, 2.05) is 0 Å². The van der Waals surface area contributed by atoms with Gasteiger partial charge in [0, 0.05) is 13.0 Å². The Morgan fingerprint density at radius 1 is 1.20 bits per heavy atom. The van der Waals surface area contributed by atoms with E-state index in [1.165, 1.54) is 11.1 Å². The van der Waals surface area contributed by atoms with Crippen molar-refractivity contribution in [2.75, 3.05) is 0 Å². The Morgan fingerprint density at radius 3 is 2.47 bits per heavy atom. The molecular formula is C23H35N3O4. The first-order chi connectivity index (χ1) is 14.0. The molecule has 1 heterocycles. The van der Waals surface area contributed by atoms with Crippen molar-refractivity contribution in [3.63, 3.8) is 0 Å². The Balaban J connectivity index is 2.22. The van der Waals surface area contributed by atoms with Gasteiger partial charge in [0.2, 0.25) is 0 Å². The first-order valence-electron chi connectivity index (χ1n) is 10.7. The summed E-state index contributed by atoms with van der Waals surface area (Å²) < 4.78 is 7.40. The molecule has 1 atom stereocenters. The average molecular weight is 418 g/mol. The largest absolute Gasteiger partial charge is 0.480 e. The summed E-state index contributed by atoms with van der Waals surface area (Å²) in [6.07, 6.45) is 3.26. The molecule has 1 aromatic carbocycles. The monoisotopic (exact) mass is 417 g/mol. The van der Waals surface area contributed by atoms with Crippen LogP contribution in [0.4, 0.5) is 4.79 Å². The fraction of sp³-hybridized carbons (Fsp3) is 0.609. The minimum Gasteiger partial charge on any atom is -0.480 e. The molecular weight excluding hydrogens is 382 g/mol. The van der Waals surface area contributed by atoms with E-state index in [0.29, 0.717) is 6.42 Å². The number of carboxylic acids is 1. The second-order valence-electron chi connectivity index (χ2n) is 8.89. The number of carbonyl (C=O) groups excluding carboxylic acids is 1. The lowest BCUT2D eigenvalue weighted by Gasteiger charge is -2.22. The number of hydrogen-bond acceptors (Lipinski definition) is 4. The van der Waals surface area contributed by atoms with Gasteiger partial charge in [-0.15, -0.1) is 0 Å². The zero-order valence-electron chi connectivity index (χ0n) is 19.0. The van der Waals surface area contributed by atoms with E-state index in [-0.39, 0.29) is 6.42 Å². The standard InChI is InChI=1S/C23H35N3O4/c1-7-8-9-12-26-19-14-16(3)15(2)13-18(19)24-20(26)11-10-17(21(27)28)25-22(29)30-23(4,5)6/h13-14,17H,7-12H2,1-6H3,(H,25,29)(H,27,28). The molecule has 7 heteroatoms. The topological polar surface area (TPSA) is 93.5 Å². The number of aromatic nitrogens is 2. The molecule has 2 N–H and O–H groups in total. The number of carboxylic acid groups (broad SMARTS) is 1. The van der Waals surface area contributed by atoms with Crippen LogP contribution in [0.2, 0.25) is 0 Å². The Hall–Kier alpha value is -2.57. The lowest BCUT2D eigenvalue weighted by Crippen LogP contribution is -2.43. The number of fused-ring (bicyclic) bond motifs is 1. The second-order valence-corrected chi connectivity index (χ2v) is 8.89. The maximum atomic E-state index is 12.0. The van der Waals surface area contributed by atoms with Crippen molar-refractivity contribution in [3.8, 4) is 0 Å². The third kappa shape index (κ3) is 6.47. The summed E-state index contributed by atoms with van der Waals surface area (Å²) >= 11 is 0. The van der Waals surface area contributed by atoms with Crippen molar-refractivity contribution in [1.82, 2.24) is 14.9 Å². The number of alkyl carbamates (subject to hydrolysis) is 1. The third-order valence-electron chi connectivity index (χ3n) is 5.07. The second kappa shape index (κ2) is 9.96. The molecule has 0 radical (unpaired) electrons. The van der Waals surface area contributed by atoms with Crippen LogP contribution in [-0.2, 0) is 22.5 Å². The number of ether oxygens (including phenoxy) is 1. The first kappa shape index (κ1) is 23.7. The maximum Gasteiger partial charge on any atom is 0.408 e. The number of unbranched alkanes of at least 4 members (excludes halogenated alkanes) is 2. The molecule has 166 valence electrons. The zero-order valence-corrected chi connectivity index (χ0v) is 19.0. The normalized spacial score (nSPS) is 12.7. The first-order valence-corrected chi connectivity index (χ1v) is 10.7. The lowest BCUT2D eigenvalue weighted by molar-refractivity contribution is -0.139. The van der Waals surface area contributed by atoms with Crippen molar-refractivity contribution in [3.05, 3.63) is 29.1 Å². The number of hydrogen-bond donors (Lipinski definition) is 2. The minimum atomic E-state index is -1.08. The number of benzene rings is 1. The summed E-state index contributed by atoms with van der Waals surface area (Å²) in [5, 5.41) is 12.0. The number of carbonyl (C=O) groups is 2. The lowest BCUT2D eigenvalue weighted by atomic mass is 10.1. The molecule has 0 aliphatic carbocycles. The van der Waals surface area contributed by atoms with E-state index >= 15 is 0 Å². The van der Waals surface area contributed by atoms with Gasteiger partial charge in [0.05, 0.1) is 11.0 Å². The van der Waals surface area contributed by atoms with Crippen LogP contribution in [0.15, 0.2) is 12.1 Å². The van der Waals surface area contributed by atoms with Gasteiger partial charge in [0.25, 0.3) is 0 Å². The number of nitrogens with zero attached hydrogens (tertiary/aromatic N) is 2. The number of amides is 1. The highest BCUT2D eigenvalue weighted by atomic mass is 16.6. The van der Waals surface area contributed by atoms with E-state index in [0.717, 1.165) is 42.7 Å². The van der Waals surface area contributed by atoms with Crippen molar-refractivity contribution < 1.29 is 19.4 Å². The number of nitrogens with one attached hydrogen (secondary N) is 1. The van der Waals surface area contributed by atoms with Gasteiger partial charge in [-0.05, 0) is 70.7 Å². The Kier molecular flexibility index (Phi) is 7.87. The van der Waals surface area contributed by atoms with Gasteiger partial charge in [-0.25, -0.2) is 14.6 Å². The predicted molar refractivity (Wildman–Crippen MR) is 118 cm³/mol. The summed E-state index contributed by atoms with van der Waals surface area (Å²) in [5.41, 5.74) is 3.71. The van der Waals surface area contributed by atoms with E-state index in [9.17, 15) is 14.7 Å². The average Bonchev–Trinajstić information content (AvgIpc) is 2.94. The van der Waals surface area contributed by atoms with E-state index < -0.39 is 23.7 Å². The van der Waals surface area contributed by atoms with Crippen molar-refractivity contribution >= 4 is 23.1 Å². The highest BCUT2D eigenvalue weighted by molar-refractivity contribution is 5.80. The van der Waals surface area contributed by atoms with Crippen LogP contribution < -0.4 is 5.32 Å². The van der Waals surface area contributed by atoms with Crippen LogP contribution in [0.1, 0.15) is 70.3 Å². The molecule has 1 amide bonds. The molecule has 0 aliphatic heterocycles. The Morgan fingerprint density at radius 2 is 1.87 bits per heavy atom. The molecule has 7 nitrogen and oxygen atoms in total. The minimum absolute atomic E-state index is 0.240. The van der Waals surface area contributed by atoms with Crippen LogP contribution >= 0.6 is 0 Å². The smallest absolute Gasteiger partial charge is 0.408 e. The highest BCUT2D eigenvalue weighted by Crippen LogP contribution is 2.23. The summed E-state index contributed by atoms with van der Waals surface area (Å²) in [5.74, 6) is -0.232. The number of imidazole rings is 1. The van der Waals surface area contributed by atoms with Crippen molar-refractivity contribution in [1.29, 1.82) is 0 Å². The number of aryl methyl sites for hydroxylation is 4. The summed E-state index contributed by atoms with van der Waals surface area (Å²) in [7, 11) is 0. The molecule has 0 bridgehead atoms. The zero-order chi connectivity index (χ0) is 22.5. The van der Waals surface area contributed by atoms with E-state index in [1.54, 1.807) is 20.8 Å². The van der Waals surface area contributed by atoms with Crippen LogP contribution in [0.3, 0.4) is 0 Å². The molecule has 1 unspecified atom stereocenters. The van der Waals surface area contributed by atoms with Gasteiger partial charge >= 0.3 is 12.1 Å². The van der Waals surface area contributed by atoms with Gasteiger partial charge in [0.1, 0.15) is 17.5 Å². The van der Waals surface area contributed by atoms with Gasteiger partial charge in [-0.2, -0.15) is 0 Å². The van der Waals surface area contributed by atoms with Gasteiger partial charge in [-0.3, -0.25) is 0 Å². The predicted octanol–water partition coefficient (Wildman–Crippen LogP) is 4.75. The number of rotatable bonds is 9. The van der Waals surface area contributed by atoms with Crippen LogP contribution in [0.5, 0.6) is 0 Å². The third-order valence-corrected chi connectivity index (χ3v) is 5.07.